The number of amides is 1. The number of carbonyl (C=O) groups is 1. The van der Waals surface area contributed by atoms with Crippen LogP contribution in [0.3, 0.4) is 0 Å². The van der Waals surface area contributed by atoms with Gasteiger partial charge in [0.2, 0.25) is 5.91 Å². The zero-order chi connectivity index (χ0) is 14.4. The highest BCUT2D eigenvalue weighted by molar-refractivity contribution is 5.78. The quantitative estimate of drug-likeness (QED) is 0.852. The lowest BCUT2D eigenvalue weighted by atomic mass is 9.53. The predicted octanol–water partition coefficient (Wildman–Crippen LogP) is 1.32. The maximum absolute atomic E-state index is 12.4. The lowest BCUT2D eigenvalue weighted by molar-refractivity contribution is -0.133. The second-order valence-electron chi connectivity index (χ2n) is 8.24. The highest BCUT2D eigenvalue weighted by atomic mass is 16.2. The summed E-state index contributed by atoms with van der Waals surface area (Å²) in [7, 11) is 2.13. The molecule has 1 N–H and O–H groups in total. The molecule has 4 nitrogen and oxygen atoms in total. The van der Waals surface area contributed by atoms with E-state index in [9.17, 15) is 4.79 Å². The molecule has 1 aliphatic heterocycles. The van der Waals surface area contributed by atoms with E-state index in [4.69, 9.17) is 0 Å². The Morgan fingerprint density at radius 3 is 2.05 bits per heavy atom. The SMILES string of the molecule is CN1CCN(C(=O)CNC23CC4CC(CC(C4)C2)C3)CC1. The first-order valence-electron chi connectivity index (χ1n) is 8.83. The van der Waals surface area contributed by atoms with Crippen molar-refractivity contribution in [2.24, 2.45) is 17.8 Å². The minimum Gasteiger partial charge on any atom is -0.339 e. The van der Waals surface area contributed by atoms with E-state index in [0.717, 1.165) is 43.9 Å². The van der Waals surface area contributed by atoms with Crippen LogP contribution >= 0.6 is 0 Å². The fourth-order valence-corrected chi connectivity index (χ4v) is 5.76. The van der Waals surface area contributed by atoms with E-state index >= 15 is 0 Å². The highest BCUT2D eigenvalue weighted by Gasteiger charge is 2.50. The largest absolute Gasteiger partial charge is 0.339 e. The number of carbonyl (C=O) groups excluding carboxylic acids is 1. The van der Waals surface area contributed by atoms with Gasteiger partial charge in [-0.15, -0.1) is 0 Å². The van der Waals surface area contributed by atoms with Crippen LogP contribution in [0.2, 0.25) is 0 Å². The van der Waals surface area contributed by atoms with Gasteiger partial charge in [0, 0.05) is 31.7 Å². The topological polar surface area (TPSA) is 35.6 Å². The molecule has 1 heterocycles. The molecule has 5 fully saturated rings. The van der Waals surface area contributed by atoms with Crippen LogP contribution in [0.15, 0.2) is 0 Å². The summed E-state index contributed by atoms with van der Waals surface area (Å²) in [5.74, 6) is 3.16. The summed E-state index contributed by atoms with van der Waals surface area (Å²) in [5, 5.41) is 3.73. The molecule has 0 atom stereocenters. The fraction of sp³-hybridized carbons (Fsp3) is 0.941. The molecule has 0 aromatic rings. The van der Waals surface area contributed by atoms with Crippen molar-refractivity contribution < 1.29 is 4.79 Å². The van der Waals surface area contributed by atoms with Crippen molar-refractivity contribution in [1.29, 1.82) is 0 Å². The Labute approximate surface area is 128 Å². The van der Waals surface area contributed by atoms with E-state index in [-0.39, 0.29) is 0 Å². The molecule has 4 heteroatoms. The predicted molar refractivity (Wildman–Crippen MR) is 83.0 cm³/mol. The number of rotatable bonds is 3. The molecule has 1 amide bonds. The second kappa shape index (κ2) is 5.24. The Hall–Kier alpha value is -0.610. The standard InChI is InChI=1S/C17H29N3O/c1-19-2-4-20(5-3-19)16(21)12-18-17-9-13-6-14(10-17)8-15(7-13)11-17/h13-15,18H,2-12H2,1H3. The summed E-state index contributed by atoms with van der Waals surface area (Å²) in [6.45, 7) is 4.40. The van der Waals surface area contributed by atoms with Crippen molar-refractivity contribution in [2.75, 3.05) is 39.8 Å². The van der Waals surface area contributed by atoms with Crippen LogP contribution < -0.4 is 5.32 Å². The van der Waals surface area contributed by atoms with E-state index in [2.05, 4.69) is 17.3 Å². The number of piperazine rings is 1. The van der Waals surface area contributed by atoms with Crippen molar-refractivity contribution in [3.8, 4) is 0 Å². The average Bonchev–Trinajstić information content (AvgIpc) is 2.44. The summed E-state index contributed by atoms with van der Waals surface area (Å²) >= 11 is 0. The smallest absolute Gasteiger partial charge is 0.236 e. The van der Waals surface area contributed by atoms with Gasteiger partial charge in [0.25, 0.3) is 0 Å². The van der Waals surface area contributed by atoms with Gasteiger partial charge >= 0.3 is 0 Å². The van der Waals surface area contributed by atoms with Crippen molar-refractivity contribution in [3.63, 3.8) is 0 Å². The fourth-order valence-electron chi connectivity index (χ4n) is 5.76. The van der Waals surface area contributed by atoms with Crippen LogP contribution in [0.5, 0.6) is 0 Å². The lowest BCUT2D eigenvalue weighted by Gasteiger charge is -2.57. The molecule has 0 aromatic carbocycles. The maximum atomic E-state index is 12.4. The van der Waals surface area contributed by atoms with Crippen LogP contribution in [0.1, 0.15) is 38.5 Å². The van der Waals surface area contributed by atoms with Gasteiger partial charge in [-0.1, -0.05) is 0 Å². The minimum atomic E-state index is 0.316. The molecule has 1 saturated heterocycles. The van der Waals surface area contributed by atoms with Gasteiger partial charge in [-0.2, -0.15) is 0 Å². The third-order valence-corrected chi connectivity index (χ3v) is 6.51. The first kappa shape index (κ1) is 14.0. The third-order valence-electron chi connectivity index (χ3n) is 6.51. The molecule has 118 valence electrons. The molecule has 5 rings (SSSR count). The summed E-state index contributed by atoms with van der Waals surface area (Å²) in [5.41, 5.74) is 0.316. The Morgan fingerprint density at radius 2 is 1.52 bits per heavy atom. The van der Waals surface area contributed by atoms with Gasteiger partial charge < -0.3 is 15.1 Å². The summed E-state index contributed by atoms with van der Waals surface area (Å²) in [6.07, 6.45) is 8.38. The monoisotopic (exact) mass is 291 g/mol. The van der Waals surface area contributed by atoms with E-state index in [1.54, 1.807) is 0 Å². The van der Waals surface area contributed by atoms with Crippen LogP contribution in [0.4, 0.5) is 0 Å². The number of nitrogens with zero attached hydrogens (tertiary/aromatic N) is 2. The number of hydrogen-bond donors (Lipinski definition) is 1. The molecule has 0 spiro atoms. The number of likely N-dealkylation sites (N-methyl/N-ethyl adjacent to an activating group) is 1. The minimum absolute atomic E-state index is 0.316. The Morgan fingerprint density at radius 1 is 1.00 bits per heavy atom. The van der Waals surface area contributed by atoms with Gasteiger partial charge in [0.1, 0.15) is 0 Å². The zero-order valence-electron chi connectivity index (χ0n) is 13.3. The summed E-state index contributed by atoms with van der Waals surface area (Å²) in [6, 6.07) is 0. The van der Waals surface area contributed by atoms with Crippen LogP contribution in [0.25, 0.3) is 0 Å². The maximum Gasteiger partial charge on any atom is 0.236 e. The number of nitrogens with one attached hydrogen (secondary N) is 1. The van der Waals surface area contributed by atoms with Gasteiger partial charge in [-0.05, 0) is 63.3 Å². The molecule has 4 bridgehead atoms. The highest BCUT2D eigenvalue weighted by Crippen LogP contribution is 2.55. The first-order chi connectivity index (χ1) is 10.1. The van der Waals surface area contributed by atoms with E-state index in [1.807, 2.05) is 4.90 Å². The van der Waals surface area contributed by atoms with Crippen LogP contribution in [-0.2, 0) is 4.79 Å². The zero-order valence-corrected chi connectivity index (χ0v) is 13.3. The number of hydrogen-bond acceptors (Lipinski definition) is 3. The first-order valence-corrected chi connectivity index (χ1v) is 8.83. The lowest BCUT2D eigenvalue weighted by Crippen LogP contribution is -2.60. The molecule has 4 saturated carbocycles. The average molecular weight is 291 g/mol. The van der Waals surface area contributed by atoms with Gasteiger partial charge in [-0.3, -0.25) is 4.79 Å². The molecular formula is C17H29N3O. The van der Waals surface area contributed by atoms with Gasteiger partial charge in [0.15, 0.2) is 0 Å². The molecule has 5 aliphatic rings. The van der Waals surface area contributed by atoms with Crippen molar-refractivity contribution in [2.45, 2.75) is 44.1 Å². The normalized spacial score (nSPS) is 42.5. The third kappa shape index (κ3) is 2.72. The molecular weight excluding hydrogens is 262 g/mol. The van der Waals surface area contributed by atoms with Crippen molar-refractivity contribution in [3.05, 3.63) is 0 Å². The summed E-state index contributed by atoms with van der Waals surface area (Å²) in [4.78, 5) is 16.8. The molecule has 0 radical (unpaired) electrons. The van der Waals surface area contributed by atoms with Crippen molar-refractivity contribution >= 4 is 5.91 Å². The Kier molecular flexibility index (Phi) is 3.49. The summed E-state index contributed by atoms with van der Waals surface area (Å²) < 4.78 is 0. The van der Waals surface area contributed by atoms with Gasteiger partial charge in [0.05, 0.1) is 6.54 Å². The van der Waals surface area contributed by atoms with E-state index < -0.39 is 0 Å². The van der Waals surface area contributed by atoms with Gasteiger partial charge in [-0.25, -0.2) is 0 Å². The molecule has 0 unspecified atom stereocenters. The molecule has 0 aromatic heterocycles. The van der Waals surface area contributed by atoms with E-state index in [1.165, 1.54) is 38.5 Å². The second-order valence-corrected chi connectivity index (χ2v) is 8.24. The van der Waals surface area contributed by atoms with Crippen LogP contribution in [-0.4, -0.2) is 61.0 Å². The Bertz CT molecular complexity index is 379. The molecule has 21 heavy (non-hydrogen) atoms. The van der Waals surface area contributed by atoms with Crippen LogP contribution in [0, 0.1) is 17.8 Å². The Balaban J connectivity index is 1.33. The van der Waals surface area contributed by atoms with E-state index in [0.29, 0.717) is 18.0 Å². The van der Waals surface area contributed by atoms with Crippen molar-refractivity contribution in [1.82, 2.24) is 15.1 Å². The molecule has 4 aliphatic carbocycles.